The van der Waals surface area contributed by atoms with Gasteiger partial charge in [0, 0.05) is 23.8 Å². The highest BCUT2D eigenvalue weighted by Gasteiger charge is 2.16. The monoisotopic (exact) mass is 332 g/mol. The summed E-state index contributed by atoms with van der Waals surface area (Å²) >= 11 is 3.60. The lowest BCUT2D eigenvalue weighted by Crippen LogP contribution is -2.30. The van der Waals surface area contributed by atoms with Gasteiger partial charge in [0.2, 0.25) is 0 Å². The Labute approximate surface area is 129 Å². The molecule has 2 aromatic rings. The van der Waals surface area contributed by atoms with Gasteiger partial charge in [0.25, 0.3) is 0 Å². The highest BCUT2D eigenvalue weighted by Crippen LogP contribution is 2.28. The van der Waals surface area contributed by atoms with Crippen LogP contribution in [0.1, 0.15) is 22.7 Å². The summed E-state index contributed by atoms with van der Waals surface area (Å²) in [7, 11) is 2.09. The van der Waals surface area contributed by atoms with Crippen LogP contribution in [-0.4, -0.2) is 13.6 Å². The molecule has 0 saturated heterocycles. The lowest BCUT2D eigenvalue weighted by molar-refractivity contribution is 0.680. The molecule has 0 heterocycles. The van der Waals surface area contributed by atoms with Crippen LogP contribution >= 0.6 is 15.9 Å². The quantitative estimate of drug-likeness (QED) is 0.908. The molecule has 2 nitrogen and oxygen atoms in total. The minimum atomic E-state index is 0.176. The number of anilines is 1. The Morgan fingerprint density at radius 3 is 2.30 bits per heavy atom. The van der Waals surface area contributed by atoms with Gasteiger partial charge in [-0.3, -0.25) is 0 Å². The molecule has 2 aromatic carbocycles. The Balaban J connectivity index is 2.31. The summed E-state index contributed by atoms with van der Waals surface area (Å²) in [4.78, 5) is 2.23. The summed E-state index contributed by atoms with van der Waals surface area (Å²) in [5, 5.41) is 0. The molecule has 1 atom stereocenters. The Morgan fingerprint density at radius 2 is 1.75 bits per heavy atom. The third-order valence-corrected chi connectivity index (χ3v) is 4.57. The van der Waals surface area contributed by atoms with Crippen molar-refractivity contribution in [2.75, 3.05) is 18.5 Å². The number of rotatable bonds is 4. The van der Waals surface area contributed by atoms with Crippen molar-refractivity contribution < 1.29 is 0 Å². The first kappa shape index (κ1) is 15.1. The molecule has 0 aliphatic heterocycles. The third-order valence-electron chi connectivity index (χ3n) is 3.71. The van der Waals surface area contributed by atoms with E-state index < -0.39 is 0 Å². The van der Waals surface area contributed by atoms with Crippen LogP contribution in [0.5, 0.6) is 0 Å². The van der Waals surface area contributed by atoms with Gasteiger partial charge in [-0.2, -0.15) is 0 Å². The van der Waals surface area contributed by atoms with E-state index in [0.29, 0.717) is 6.54 Å². The number of likely N-dealkylation sites (N-methyl/N-ethyl adjacent to an activating group) is 1. The van der Waals surface area contributed by atoms with Gasteiger partial charge in [0.15, 0.2) is 0 Å². The summed E-state index contributed by atoms with van der Waals surface area (Å²) in [6, 6.07) is 15.2. The molecule has 2 N–H and O–H groups in total. The molecule has 3 heteroatoms. The van der Waals surface area contributed by atoms with Crippen LogP contribution in [-0.2, 0) is 0 Å². The van der Waals surface area contributed by atoms with E-state index >= 15 is 0 Å². The highest BCUT2D eigenvalue weighted by atomic mass is 79.9. The van der Waals surface area contributed by atoms with Crippen molar-refractivity contribution in [3.05, 3.63) is 63.6 Å². The Bertz CT molecular complexity index is 578. The van der Waals surface area contributed by atoms with Crippen molar-refractivity contribution in [2.24, 2.45) is 5.73 Å². The van der Waals surface area contributed by atoms with Crippen molar-refractivity contribution in [3.63, 3.8) is 0 Å². The van der Waals surface area contributed by atoms with E-state index in [2.05, 4.69) is 84.2 Å². The third kappa shape index (κ3) is 3.22. The van der Waals surface area contributed by atoms with Crippen LogP contribution in [0.15, 0.2) is 46.9 Å². The molecule has 0 spiro atoms. The topological polar surface area (TPSA) is 29.3 Å². The van der Waals surface area contributed by atoms with E-state index in [1.807, 2.05) is 0 Å². The predicted molar refractivity (Wildman–Crippen MR) is 90.3 cm³/mol. The van der Waals surface area contributed by atoms with E-state index in [4.69, 9.17) is 5.73 Å². The molecule has 20 heavy (non-hydrogen) atoms. The average Bonchev–Trinajstić information content (AvgIpc) is 2.44. The lowest BCUT2D eigenvalue weighted by atomic mass is 10.0. The van der Waals surface area contributed by atoms with Gasteiger partial charge in [-0.1, -0.05) is 45.8 Å². The highest BCUT2D eigenvalue weighted by molar-refractivity contribution is 9.10. The van der Waals surface area contributed by atoms with Crippen molar-refractivity contribution in [3.8, 4) is 0 Å². The SMILES string of the molecule is Cc1ccc(N(C)C(CN)c2ccc(C)c(Br)c2)cc1. The van der Waals surface area contributed by atoms with E-state index in [-0.39, 0.29) is 6.04 Å². The maximum absolute atomic E-state index is 6.00. The Morgan fingerprint density at radius 1 is 1.10 bits per heavy atom. The summed E-state index contributed by atoms with van der Waals surface area (Å²) < 4.78 is 1.13. The minimum Gasteiger partial charge on any atom is -0.366 e. The van der Waals surface area contributed by atoms with Gasteiger partial charge in [-0.25, -0.2) is 0 Å². The van der Waals surface area contributed by atoms with Crippen LogP contribution in [0.2, 0.25) is 0 Å². The molecule has 2 rings (SSSR count). The van der Waals surface area contributed by atoms with Crippen LogP contribution in [0.3, 0.4) is 0 Å². The molecule has 0 bridgehead atoms. The summed E-state index contributed by atoms with van der Waals surface area (Å²) in [6.45, 7) is 4.77. The number of halogens is 1. The fourth-order valence-electron chi connectivity index (χ4n) is 2.29. The zero-order chi connectivity index (χ0) is 14.7. The van der Waals surface area contributed by atoms with Crippen LogP contribution in [0, 0.1) is 13.8 Å². The molecular weight excluding hydrogens is 312 g/mol. The van der Waals surface area contributed by atoms with Gasteiger partial charge >= 0.3 is 0 Å². The van der Waals surface area contributed by atoms with E-state index in [1.54, 1.807) is 0 Å². The van der Waals surface area contributed by atoms with Crippen molar-refractivity contribution in [1.29, 1.82) is 0 Å². The maximum atomic E-state index is 6.00. The maximum Gasteiger partial charge on any atom is 0.0661 e. The van der Waals surface area contributed by atoms with Crippen molar-refractivity contribution >= 4 is 21.6 Å². The first-order chi connectivity index (χ1) is 9.52. The predicted octanol–water partition coefficient (Wildman–Crippen LogP) is 4.20. The number of aryl methyl sites for hydroxylation is 2. The molecular formula is C17H21BrN2. The second kappa shape index (κ2) is 6.42. The number of benzene rings is 2. The summed E-state index contributed by atoms with van der Waals surface area (Å²) in [5.74, 6) is 0. The van der Waals surface area contributed by atoms with Gasteiger partial charge in [-0.05, 0) is 43.2 Å². The molecule has 1 unspecified atom stereocenters. The van der Waals surface area contributed by atoms with Crippen molar-refractivity contribution in [2.45, 2.75) is 19.9 Å². The smallest absolute Gasteiger partial charge is 0.0661 e. The molecule has 106 valence electrons. The van der Waals surface area contributed by atoms with Crippen LogP contribution < -0.4 is 10.6 Å². The second-order valence-corrected chi connectivity index (χ2v) is 6.06. The largest absolute Gasteiger partial charge is 0.366 e. The molecule has 0 radical (unpaired) electrons. The Hall–Kier alpha value is -1.32. The zero-order valence-electron chi connectivity index (χ0n) is 12.2. The summed E-state index contributed by atoms with van der Waals surface area (Å²) in [6.07, 6.45) is 0. The number of nitrogens with two attached hydrogens (primary N) is 1. The molecule has 0 aliphatic rings. The van der Waals surface area contributed by atoms with E-state index in [0.717, 1.165) is 4.47 Å². The first-order valence-corrected chi connectivity index (χ1v) is 7.58. The molecule has 0 aliphatic carbocycles. The average molecular weight is 333 g/mol. The molecule has 0 aromatic heterocycles. The van der Waals surface area contributed by atoms with Gasteiger partial charge in [0.05, 0.1) is 6.04 Å². The van der Waals surface area contributed by atoms with Crippen LogP contribution in [0.4, 0.5) is 5.69 Å². The molecule has 0 fully saturated rings. The standard InChI is InChI=1S/C17H21BrN2/c1-12-4-8-15(9-5-12)20(3)17(11-19)14-7-6-13(2)16(18)10-14/h4-10,17H,11,19H2,1-3H3. The lowest BCUT2D eigenvalue weighted by Gasteiger charge is -2.30. The first-order valence-electron chi connectivity index (χ1n) is 6.78. The van der Waals surface area contributed by atoms with Gasteiger partial charge < -0.3 is 10.6 Å². The number of hydrogen-bond donors (Lipinski definition) is 1. The van der Waals surface area contributed by atoms with Gasteiger partial charge in [0.1, 0.15) is 0 Å². The van der Waals surface area contributed by atoms with Crippen LogP contribution in [0.25, 0.3) is 0 Å². The van der Waals surface area contributed by atoms with E-state index in [9.17, 15) is 0 Å². The molecule has 0 amide bonds. The fraction of sp³-hybridized carbons (Fsp3) is 0.294. The van der Waals surface area contributed by atoms with Crippen molar-refractivity contribution in [1.82, 2.24) is 0 Å². The minimum absolute atomic E-state index is 0.176. The Kier molecular flexibility index (Phi) is 4.84. The van der Waals surface area contributed by atoms with E-state index in [1.165, 1.54) is 22.4 Å². The van der Waals surface area contributed by atoms with Gasteiger partial charge in [-0.15, -0.1) is 0 Å². The fourth-order valence-corrected chi connectivity index (χ4v) is 2.69. The second-order valence-electron chi connectivity index (χ2n) is 5.21. The summed E-state index contributed by atoms with van der Waals surface area (Å²) in [5.41, 5.74) is 10.9. The normalized spacial score (nSPS) is 12.2. The number of hydrogen-bond acceptors (Lipinski definition) is 2. The number of nitrogens with zero attached hydrogens (tertiary/aromatic N) is 1. The molecule has 0 saturated carbocycles. The zero-order valence-corrected chi connectivity index (χ0v) is 13.8.